The molecule has 0 aliphatic rings. The fourth-order valence-corrected chi connectivity index (χ4v) is 2.18. The zero-order valence-corrected chi connectivity index (χ0v) is 12.9. The molecule has 2 aromatic carbocycles. The molecule has 0 saturated heterocycles. The second-order valence-electron chi connectivity index (χ2n) is 5.20. The summed E-state index contributed by atoms with van der Waals surface area (Å²) in [6.07, 6.45) is 1.50. The summed E-state index contributed by atoms with van der Waals surface area (Å²) in [4.78, 5) is 4.27. The average molecular weight is 327 g/mol. The molecule has 0 spiro atoms. The topological polar surface area (TPSA) is 62.7 Å². The van der Waals surface area contributed by atoms with Crippen molar-refractivity contribution in [2.45, 2.75) is 13.0 Å². The van der Waals surface area contributed by atoms with Gasteiger partial charge in [0.15, 0.2) is 17.5 Å². The first-order valence-corrected chi connectivity index (χ1v) is 7.35. The molecule has 0 fully saturated rings. The lowest BCUT2D eigenvalue weighted by atomic mass is 10.1. The zero-order valence-electron chi connectivity index (χ0n) is 12.9. The molecule has 24 heavy (non-hydrogen) atoms. The molecule has 0 aliphatic heterocycles. The van der Waals surface area contributed by atoms with Crippen molar-refractivity contribution in [2.24, 2.45) is 0 Å². The van der Waals surface area contributed by atoms with Gasteiger partial charge in [-0.1, -0.05) is 30.3 Å². The summed E-state index contributed by atoms with van der Waals surface area (Å²) in [5, 5.41) is 13.7. The maximum Gasteiger partial charge on any atom is 0.249 e. The maximum atomic E-state index is 13.2. The van der Waals surface area contributed by atoms with Gasteiger partial charge in [0.05, 0.1) is 6.20 Å². The number of nitrogens with one attached hydrogen (secondary N) is 2. The van der Waals surface area contributed by atoms with Gasteiger partial charge < -0.3 is 10.6 Å². The molecule has 1 heterocycles. The van der Waals surface area contributed by atoms with Gasteiger partial charge in [0, 0.05) is 17.8 Å². The second-order valence-corrected chi connectivity index (χ2v) is 5.20. The number of halogens is 2. The second kappa shape index (κ2) is 6.99. The van der Waals surface area contributed by atoms with Crippen molar-refractivity contribution < 1.29 is 8.78 Å². The molecule has 7 heteroatoms. The van der Waals surface area contributed by atoms with Crippen LogP contribution in [0.5, 0.6) is 0 Å². The van der Waals surface area contributed by atoms with E-state index in [9.17, 15) is 8.78 Å². The molecule has 1 atom stereocenters. The van der Waals surface area contributed by atoms with E-state index in [-0.39, 0.29) is 12.0 Å². The van der Waals surface area contributed by atoms with Gasteiger partial charge in [0.25, 0.3) is 0 Å². The summed E-state index contributed by atoms with van der Waals surface area (Å²) >= 11 is 0. The van der Waals surface area contributed by atoms with Crippen molar-refractivity contribution in [1.29, 1.82) is 0 Å². The smallest absolute Gasteiger partial charge is 0.249 e. The number of anilines is 3. The quantitative estimate of drug-likeness (QED) is 0.740. The van der Waals surface area contributed by atoms with Gasteiger partial charge in [-0.15, -0.1) is 5.10 Å². The third-order valence-electron chi connectivity index (χ3n) is 3.40. The molecule has 0 bridgehead atoms. The van der Waals surface area contributed by atoms with E-state index in [1.54, 1.807) is 0 Å². The van der Waals surface area contributed by atoms with Crippen LogP contribution < -0.4 is 10.6 Å². The molecule has 0 radical (unpaired) electrons. The van der Waals surface area contributed by atoms with Crippen LogP contribution in [-0.4, -0.2) is 15.2 Å². The van der Waals surface area contributed by atoms with E-state index in [0.29, 0.717) is 11.5 Å². The van der Waals surface area contributed by atoms with Crippen LogP contribution in [0.4, 0.5) is 26.2 Å². The highest BCUT2D eigenvalue weighted by atomic mass is 19.2. The fourth-order valence-electron chi connectivity index (χ4n) is 2.18. The largest absolute Gasteiger partial charge is 0.362 e. The number of benzene rings is 2. The van der Waals surface area contributed by atoms with Gasteiger partial charge in [-0.3, -0.25) is 0 Å². The van der Waals surface area contributed by atoms with Crippen LogP contribution in [0, 0.1) is 11.6 Å². The van der Waals surface area contributed by atoms with Gasteiger partial charge in [-0.25, -0.2) is 8.78 Å². The first-order valence-electron chi connectivity index (χ1n) is 7.35. The lowest BCUT2D eigenvalue weighted by Gasteiger charge is -2.15. The van der Waals surface area contributed by atoms with Crippen LogP contribution in [0.15, 0.2) is 54.7 Å². The third kappa shape index (κ3) is 3.81. The Morgan fingerprint density at radius 2 is 1.79 bits per heavy atom. The highest BCUT2D eigenvalue weighted by molar-refractivity contribution is 5.54. The number of hydrogen-bond acceptors (Lipinski definition) is 5. The highest BCUT2D eigenvalue weighted by Crippen LogP contribution is 2.19. The summed E-state index contributed by atoms with van der Waals surface area (Å²) in [6, 6.07) is 13.4. The number of rotatable bonds is 5. The van der Waals surface area contributed by atoms with Crippen LogP contribution in [0.3, 0.4) is 0 Å². The molecule has 5 nitrogen and oxygen atoms in total. The van der Waals surface area contributed by atoms with E-state index in [2.05, 4.69) is 25.8 Å². The Hall–Kier alpha value is -3.09. The Morgan fingerprint density at radius 1 is 1.00 bits per heavy atom. The van der Waals surface area contributed by atoms with E-state index in [1.165, 1.54) is 12.3 Å². The highest BCUT2D eigenvalue weighted by Gasteiger charge is 2.08. The summed E-state index contributed by atoms with van der Waals surface area (Å²) < 4.78 is 26.2. The summed E-state index contributed by atoms with van der Waals surface area (Å²) in [5.41, 5.74) is 1.44. The minimum Gasteiger partial charge on any atom is -0.362 e. The maximum absolute atomic E-state index is 13.2. The number of nitrogens with zero attached hydrogens (tertiary/aromatic N) is 3. The van der Waals surface area contributed by atoms with E-state index in [0.717, 1.165) is 17.7 Å². The van der Waals surface area contributed by atoms with Crippen molar-refractivity contribution in [1.82, 2.24) is 15.2 Å². The zero-order chi connectivity index (χ0) is 16.9. The molecular formula is C17H15F2N5. The predicted molar refractivity (Wildman–Crippen MR) is 87.9 cm³/mol. The summed E-state index contributed by atoms with van der Waals surface area (Å²) in [5.74, 6) is -1.15. The van der Waals surface area contributed by atoms with Gasteiger partial charge in [0.2, 0.25) is 5.95 Å². The minimum atomic E-state index is -0.945. The fraction of sp³-hybridized carbons (Fsp3) is 0.118. The van der Waals surface area contributed by atoms with Gasteiger partial charge in [0.1, 0.15) is 0 Å². The standard InChI is InChI=1S/C17H15F2N5/c1-11(12-5-3-2-4-6-12)21-16-10-20-24-17(23-16)22-13-7-8-14(18)15(19)9-13/h2-11H,1H3,(H2,21,22,23,24). The normalized spacial score (nSPS) is 11.8. The van der Waals surface area contributed by atoms with E-state index in [1.807, 2.05) is 37.3 Å². The van der Waals surface area contributed by atoms with Crippen molar-refractivity contribution >= 4 is 17.5 Å². The SMILES string of the molecule is CC(Nc1cnnc(Nc2ccc(F)c(F)c2)n1)c1ccccc1. The Bertz CT molecular complexity index is 826. The first kappa shape index (κ1) is 15.8. The number of hydrogen-bond donors (Lipinski definition) is 2. The molecular weight excluding hydrogens is 312 g/mol. The van der Waals surface area contributed by atoms with E-state index < -0.39 is 11.6 Å². The van der Waals surface area contributed by atoms with Crippen LogP contribution in [0.1, 0.15) is 18.5 Å². The van der Waals surface area contributed by atoms with Gasteiger partial charge >= 0.3 is 0 Å². The van der Waals surface area contributed by atoms with Crippen molar-refractivity contribution in [3.63, 3.8) is 0 Å². The molecule has 3 rings (SSSR count). The molecule has 122 valence electrons. The van der Waals surface area contributed by atoms with E-state index >= 15 is 0 Å². The van der Waals surface area contributed by atoms with Crippen molar-refractivity contribution in [2.75, 3.05) is 10.6 Å². The molecule has 0 aliphatic carbocycles. The Labute approximate surface area is 137 Å². The van der Waals surface area contributed by atoms with Crippen LogP contribution in [0.2, 0.25) is 0 Å². The van der Waals surface area contributed by atoms with Crippen LogP contribution >= 0.6 is 0 Å². The monoisotopic (exact) mass is 327 g/mol. The summed E-state index contributed by atoms with van der Waals surface area (Å²) in [6.45, 7) is 2.00. The Kier molecular flexibility index (Phi) is 4.60. The molecule has 0 amide bonds. The van der Waals surface area contributed by atoms with Crippen molar-refractivity contribution in [3.8, 4) is 0 Å². The lowest BCUT2D eigenvalue weighted by molar-refractivity contribution is 0.509. The Morgan fingerprint density at radius 3 is 2.54 bits per heavy atom. The lowest BCUT2D eigenvalue weighted by Crippen LogP contribution is -2.10. The van der Waals surface area contributed by atoms with Crippen LogP contribution in [0.25, 0.3) is 0 Å². The van der Waals surface area contributed by atoms with Gasteiger partial charge in [-0.2, -0.15) is 10.1 Å². The predicted octanol–water partition coefficient (Wildman–Crippen LogP) is 4.07. The average Bonchev–Trinajstić information content (AvgIpc) is 2.59. The van der Waals surface area contributed by atoms with E-state index in [4.69, 9.17) is 0 Å². The molecule has 1 unspecified atom stereocenters. The molecule has 1 aromatic heterocycles. The molecule has 0 saturated carbocycles. The third-order valence-corrected chi connectivity index (χ3v) is 3.40. The molecule has 3 aromatic rings. The number of aromatic nitrogens is 3. The Balaban J connectivity index is 1.73. The van der Waals surface area contributed by atoms with Crippen LogP contribution in [-0.2, 0) is 0 Å². The first-order chi connectivity index (χ1) is 11.6. The minimum absolute atomic E-state index is 0.0269. The van der Waals surface area contributed by atoms with Crippen molar-refractivity contribution in [3.05, 3.63) is 71.9 Å². The van der Waals surface area contributed by atoms with Gasteiger partial charge in [-0.05, 0) is 24.6 Å². The summed E-state index contributed by atoms with van der Waals surface area (Å²) in [7, 11) is 0. The molecule has 2 N–H and O–H groups in total.